The number of ether oxygens (including phenoxy) is 1. The number of hydrogen-bond donors (Lipinski definition) is 1. The van der Waals surface area contributed by atoms with Crippen LogP contribution in [0.1, 0.15) is 12.8 Å². The molecule has 1 aromatic carbocycles. The molecule has 0 aliphatic carbocycles. The van der Waals surface area contributed by atoms with Crippen LogP contribution in [0, 0.1) is 0 Å². The molecule has 0 bridgehead atoms. The predicted molar refractivity (Wildman–Crippen MR) is 72.0 cm³/mol. The Morgan fingerprint density at radius 3 is 2.53 bits per heavy atom. The number of benzene rings is 1. The van der Waals surface area contributed by atoms with E-state index in [2.05, 4.69) is 4.90 Å². The molecular weight excluding hydrogens is 259 g/mol. The van der Waals surface area contributed by atoms with Gasteiger partial charge in [-0.25, -0.2) is 0 Å². The molecule has 2 rings (SSSR count). The minimum Gasteiger partial charge on any atom is -0.490 e. The predicted octanol–water partition coefficient (Wildman–Crippen LogP) is 3.05. The van der Waals surface area contributed by atoms with Crippen LogP contribution in [0.25, 0.3) is 0 Å². The molecule has 0 aromatic heterocycles. The van der Waals surface area contributed by atoms with E-state index >= 15 is 0 Å². The molecule has 2 N–H and O–H groups in total. The van der Waals surface area contributed by atoms with Crippen LogP contribution in [-0.2, 0) is 0 Å². The third-order valence-electron chi connectivity index (χ3n) is 2.92. The molecule has 0 saturated carbocycles. The molecule has 0 amide bonds. The summed E-state index contributed by atoms with van der Waals surface area (Å²) in [7, 11) is 0. The van der Waals surface area contributed by atoms with Crippen molar-refractivity contribution in [2.75, 3.05) is 32.0 Å². The van der Waals surface area contributed by atoms with Gasteiger partial charge in [0.15, 0.2) is 0 Å². The van der Waals surface area contributed by atoms with Crippen molar-refractivity contribution >= 4 is 28.9 Å². The van der Waals surface area contributed by atoms with Crippen LogP contribution in [0.15, 0.2) is 12.1 Å². The first kappa shape index (κ1) is 12.8. The van der Waals surface area contributed by atoms with Crippen molar-refractivity contribution in [3.05, 3.63) is 22.2 Å². The maximum absolute atomic E-state index is 5.91. The van der Waals surface area contributed by atoms with E-state index in [1.807, 2.05) is 0 Å². The van der Waals surface area contributed by atoms with Crippen LogP contribution in [0.4, 0.5) is 5.69 Å². The maximum atomic E-state index is 5.91. The lowest BCUT2D eigenvalue weighted by Gasteiger charge is -2.16. The lowest BCUT2D eigenvalue weighted by Crippen LogP contribution is -2.25. The summed E-state index contributed by atoms with van der Waals surface area (Å²) in [4.78, 5) is 2.38. The summed E-state index contributed by atoms with van der Waals surface area (Å²) in [5, 5.41) is 0.924. The Morgan fingerprint density at radius 1 is 1.18 bits per heavy atom. The Kier molecular flexibility index (Phi) is 4.37. The summed E-state index contributed by atoms with van der Waals surface area (Å²) in [6.45, 7) is 3.89. The summed E-state index contributed by atoms with van der Waals surface area (Å²) in [5.41, 5.74) is 6.33. The number of likely N-dealkylation sites (tertiary alicyclic amines) is 1. The fraction of sp³-hybridized carbons (Fsp3) is 0.500. The second kappa shape index (κ2) is 5.80. The standard InChI is InChI=1S/C12H16Cl2N2O/c13-9-7-11(15)12(8-10(9)14)17-6-5-16-3-1-2-4-16/h7-8H,1-6,15H2. The van der Waals surface area contributed by atoms with Crippen molar-refractivity contribution in [1.82, 2.24) is 4.90 Å². The van der Waals surface area contributed by atoms with Gasteiger partial charge in [0.25, 0.3) is 0 Å². The first-order chi connectivity index (χ1) is 8.16. The molecule has 94 valence electrons. The highest BCUT2D eigenvalue weighted by molar-refractivity contribution is 6.42. The van der Waals surface area contributed by atoms with Crippen LogP contribution in [0.5, 0.6) is 5.75 Å². The van der Waals surface area contributed by atoms with Gasteiger partial charge in [-0.1, -0.05) is 23.2 Å². The zero-order valence-electron chi connectivity index (χ0n) is 9.59. The second-order valence-electron chi connectivity index (χ2n) is 4.20. The molecule has 1 aromatic rings. The fourth-order valence-corrected chi connectivity index (χ4v) is 2.29. The van der Waals surface area contributed by atoms with Crippen molar-refractivity contribution < 1.29 is 4.74 Å². The van der Waals surface area contributed by atoms with E-state index in [1.54, 1.807) is 12.1 Å². The molecule has 0 radical (unpaired) electrons. The van der Waals surface area contributed by atoms with Crippen LogP contribution in [0.3, 0.4) is 0 Å². The first-order valence-electron chi connectivity index (χ1n) is 5.76. The third kappa shape index (κ3) is 3.41. The SMILES string of the molecule is Nc1cc(Cl)c(Cl)cc1OCCN1CCCC1. The molecule has 1 aliphatic rings. The average Bonchev–Trinajstić information content (AvgIpc) is 2.78. The highest BCUT2D eigenvalue weighted by atomic mass is 35.5. The van der Waals surface area contributed by atoms with Crippen molar-refractivity contribution in [3.63, 3.8) is 0 Å². The zero-order valence-corrected chi connectivity index (χ0v) is 11.1. The molecule has 1 aliphatic heterocycles. The monoisotopic (exact) mass is 274 g/mol. The lowest BCUT2D eigenvalue weighted by atomic mass is 10.3. The number of nitrogens with zero attached hydrogens (tertiary/aromatic N) is 1. The Labute approximate surface area is 111 Å². The second-order valence-corrected chi connectivity index (χ2v) is 5.02. The molecular formula is C12H16Cl2N2O. The van der Waals surface area contributed by atoms with E-state index in [-0.39, 0.29) is 0 Å². The highest BCUT2D eigenvalue weighted by Crippen LogP contribution is 2.32. The topological polar surface area (TPSA) is 38.5 Å². The van der Waals surface area contributed by atoms with Gasteiger partial charge in [-0.3, -0.25) is 4.90 Å². The van der Waals surface area contributed by atoms with Crippen molar-refractivity contribution in [2.24, 2.45) is 0 Å². The molecule has 0 atom stereocenters. The van der Waals surface area contributed by atoms with Crippen LogP contribution in [-0.4, -0.2) is 31.1 Å². The Hall–Kier alpha value is -0.640. The molecule has 0 unspecified atom stereocenters. The lowest BCUT2D eigenvalue weighted by molar-refractivity contribution is 0.238. The first-order valence-corrected chi connectivity index (χ1v) is 6.52. The van der Waals surface area contributed by atoms with Gasteiger partial charge in [-0.05, 0) is 32.0 Å². The number of anilines is 1. The number of rotatable bonds is 4. The summed E-state index contributed by atoms with van der Waals surface area (Å²) in [6.07, 6.45) is 2.57. The van der Waals surface area contributed by atoms with E-state index < -0.39 is 0 Å². The minimum atomic E-state index is 0.455. The fourth-order valence-electron chi connectivity index (χ4n) is 1.96. The van der Waals surface area contributed by atoms with Crippen molar-refractivity contribution in [2.45, 2.75) is 12.8 Å². The molecule has 3 nitrogen and oxygen atoms in total. The Morgan fingerprint density at radius 2 is 1.82 bits per heavy atom. The molecule has 1 heterocycles. The highest BCUT2D eigenvalue weighted by Gasteiger charge is 2.11. The average molecular weight is 275 g/mol. The van der Waals surface area contributed by atoms with E-state index in [0.717, 1.165) is 6.54 Å². The summed E-state index contributed by atoms with van der Waals surface area (Å²) >= 11 is 11.8. The van der Waals surface area contributed by atoms with Gasteiger partial charge in [0.2, 0.25) is 0 Å². The summed E-state index contributed by atoms with van der Waals surface area (Å²) in [6, 6.07) is 3.29. The normalized spacial score (nSPS) is 16.4. The maximum Gasteiger partial charge on any atom is 0.143 e. The summed E-state index contributed by atoms with van der Waals surface area (Å²) < 4.78 is 5.62. The van der Waals surface area contributed by atoms with Gasteiger partial charge in [-0.15, -0.1) is 0 Å². The Bertz CT molecular complexity index is 392. The third-order valence-corrected chi connectivity index (χ3v) is 3.64. The largest absolute Gasteiger partial charge is 0.490 e. The smallest absolute Gasteiger partial charge is 0.143 e. The van der Waals surface area contributed by atoms with Gasteiger partial charge >= 0.3 is 0 Å². The van der Waals surface area contributed by atoms with E-state index in [0.29, 0.717) is 28.1 Å². The van der Waals surface area contributed by atoms with Crippen LogP contribution in [0.2, 0.25) is 10.0 Å². The van der Waals surface area contributed by atoms with E-state index in [9.17, 15) is 0 Å². The van der Waals surface area contributed by atoms with Crippen LogP contribution < -0.4 is 10.5 Å². The number of hydrogen-bond acceptors (Lipinski definition) is 3. The number of nitrogen functional groups attached to an aromatic ring is 1. The summed E-state index contributed by atoms with van der Waals surface area (Å²) in [5.74, 6) is 0.610. The zero-order chi connectivity index (χ0) is 12.3. The quantitative estimate of drug-likeness (QED) is 0.858. The van der Waals surface area contributed by atoms with Gasteiger partial charge < -0.3 is 10.5 Å². The molecule has 5 heteroatoms. The van der Waals surface area contributed by atoms with E-state index in [1.165, 1.54) is 25.9 Å². The van der Waals surface area contributed by atoms with Gasteiger partial charge in [-0.2, -0.15) is 0 Å². The Balaban J connectivity index is 1.87. The number of nitrogens with two attached hydrogens (primary N) is 1. The number of halogens is 2. The van der Waals surface area contributed by atoms with Gasteiger partial charge in [0.05, 0.1) is 15.7 Å². The minimum absolute atomic E-state index is 0.455. The molecule has 17 heavy (non-hydrogen) atoms. The van der Waals surface area contributed by atoms with E-state index in [4.69, 9.17) is 33.7 Å². The van der Waals surface area contributed by atoms with Gasteiger partial charge in [0, 0.05) is 12.6 Å². The molecule has 1 fully saturated rings. The van der Waals surface area contributed by atoms with Crippen LogP contribution >= 0.6 is 23.2 Å². The molecule has 0 spiro atoms. The van der Waals surface area contributed by atoms with Gasteiger partial charge in [0.1, 0.15) is 12.4 Å². The van der Waals surface area contributed by atoms with Crippen molar-refractivity contribution in [3.8, 4) is 5.75 Å². The van der Waals surface area contributed by atoms with Crippen molar-refractivity contribution in [1.29, 1.82) is 0 Å². The molecule has 1 saturated heterocycles.